The zero-order valence-corrected chi connectivity index (χ0v) is 15.0. The highest BCUT2D eigenvalue weighted by Gasteiger charge is 2.37. The van der Waals surface area contributed by atoms with Gasteiger partial charge in [-0.3, -0.25) is 4.79 Å². The Hall–Kier alpha value is -2.97. The molecular weight excluding hydrogens is 377 g/mol. The maximum Gasteiger partial charge on any atom is 0.391 e. The number of fused-ring (bicyclic) bond motifs is 1. The summed E-state index contributed by atoms with van der Waals surface area (Å²) in [4.78, 5) is 25.5. The number of hydrogen-bond donors (Lipinski definition) is 2. The number of nitrogens with zero attached hydrogens (tertiary/aromatic N) is 1. The average molecular weight is 396 g/mol. The number of aliphatic carboxylic acids is 1. The van der Waals surface area contributed by atoms with Crippen LogP contribution in [-0.4, -0.2) is 35.2 Å². The van der Waals surface area contributed by atoms with Crippen molar-refractivity contribution in [3.8, 4) is 0 Å². The third-order valence-electron chi connectivity index (χ3n) is 4.69. The maximum atomic E-state index is 12.6. The number of nitrogens with one attached hydrogen (secondary N) is 1. The van der Waals surface area contributed by atoms with Gasteiger partial charge in [0.05, 0.1) is 24.8 Å². The van der Waals surface area contributed by atoms with Crippen molar-refractivity contribution in [2.75, 3.05) is 4.90 Å². The van der Waals surface area contributed by atoms with Crippen LogP contribution >= 0.6 is 0 Å². The Morgan fingerprint density at radius 3 is 2.71 bits per heavy atom. The van der Waals surface area contributed by atoms with E-state index in [0.717, 1.165) is 17.7 Å². The molecule has 2 aromatic rings. The molecule has 1 aliphatic heterocycles. The third-order valence-corrected chi connectivity index (χ3v) is 4.69. The second-order valence-corrected chi connectivity index (χ2v) is 6.75. The number of rotatable bonds is 6. The van der Waals surface area contributed by atoms with E-state index in [1.54, 1.807) is 0 Å². The molecule has 1 aromatic heterocycles. The molecule has 0 radical (unpaired) electrons. The predicted molar refractivity (Wildman–Crippen MR) is 94.1 cm³/mol. The van der Waals surface area contributed by atoms with Gasteiger partial charge >= 0.3 is 12.1 Å². The number of anilines is 1. The molecule has 28 heavy (non-hydrogen) atoms. The first-order valence-electron chi connectivity index (χ1n) is 8.67. The molecule has 0 bridgehead atoms. The lowest BCUT2D eigenvalue weighted by atomic mass is 10.1. The van der Waals surface area contributed by atoms with E-state index in [0.29, 0.717) is 0 Å². The van der Waals surface area contributed by atoms with Crippen molar-refractivity contribution >= 4 is 17.6 Å². The molecule has 1 aliphatic rings. The molecule has 9 heteroatoms. The quantitative estimate of drug-likeness (QED) is 0.782. The van der Waals surface area contributed by atoms with E-state index in [1.807, 2.05) is 41.4 Å². The molecule has 0 spiro atoms. The SMILES string of the molecule is CC1Cc2ccccc2N1Cc1occc1C(=O)NC(CC(F)(F)F)C(=O)O. The van der Waals surface area contributed by atoms with E-state index in [9.17, 15) is 22.8 Å². The Kier molecular flexibility index (Phi) is 5.35. The van der Waals surface area contributed by atoms with Crippen LogP contribution in [-0.2, 0) is 17.8 Å². The van der Waals surface area contributed by atoms with E-state index < -0.39 is 30.5 Å². The lowest BCUT2D eigenvalue weighted by molar-refractivity contribution is -0.157. The van der Waals surface area contributed by atoms with Crippen molar-refractivity contribution in [2.45, 2.75) is 44.6 Å². The highest BCUT2D eigenvalue weighted by molar-refractivity contribution is 5.97. The molecule has 2 atom stereocenters. The Bertz CT molecular complexity index is 878. The van der Waals surface area contributed by atoms with E-state index in [2.05, 4.69) is 0 Å². The molecule has 1 amide bonds. The molecule has 6 nitrogen and oxygen atoms in total. The number of furan rings is 1. The minimum absolute atomic E-state index is 0.0185. The second-order valence-electron chi connectivity index (χ2n) is 6.75. The zero-order chi connectivity index (χ0) is 20.5. The summed E-state index contributed by atoms with van der Waals surface area (Å²) in [6.45, 7) is 2.26. The fourth-order valence-corrected chi connectivity index (χ4v) is 3.36. The van der Waals surface area contributed by atoms with E-state index in [-0.39, 0.29) is 23.9 Å². The highest BCUT2D eigenvalue weighted by atomic mass is 19.4. The molecule has 2 heterocycles. The van der Waals surface area contributed by atoms with Gasteiger partial charge in [-0.15, -0.1) is 0 Å². The van der Waals surface area contributed by atoms with Gasteiger partial charge < -0.3 is 19.7 Å². The van der Waals surface area contributed by atoms with Crippen molar-refractivity contribution in [1.82, 2.24) is 5.32 Å². The molecule has 2 N–H and O–H groups in total. The summed E-state index contributed by atoms with van der Waals surface area (Å²) in [5, 5.41) is 10.9. The van der Waals surface area contributed by atoms with Gasteiger partial charge in [0.25, 0.3) is 5.91 Å². The van der Waals surface area contributed by atoms with Crippen LogP contribution in [0.2, 0.25) is 0 Å². The molecule has 0 aliphatic carbocycles. The summed E-state index contributed by atoms with van der Waals surface area (Å²) in [5.74, 6) is -2.41. The summed E-state index contributed by atoms with van der Waals surface area (Å²) in [6, 6.07) is 7.20. The Balaban J connectivity index is 1.76. The zero-order valence-electron chi connectivity index (χ0n) is 15.0. The summed E-state index contributed by atoms with van der Waals surface area (Å²) >= 11 is 0. The number of carboxylic acid groups (broad SMARTS) is 1. The van der Waals surface area contributed by atoms with Gasteiger partial charge in [0, 0.05) is 11.7 Å². The highest BCUT2D eigenvalue weighted by Crippen LogP contribution is 2.33. The normalized spacial score (nSPS) is 17.3. The minimum atomic E-state index is -4.72. The van der Waals surface area contributed by atoms with Crippen molar-refractivity contribution in [3.63, 3.8) is 0 Å². The molecule has 0 saturated heterocycles. The molecule has 1 aromatic carbocycles. The van der Waals surface area contributed by atoms with Crippen LogP contribution in [0.25, 0.3) is 0 Å². The van der Waals surface area contributed by atoms with Crippen molar-refractivity contribution < 1.29 is 32.3 Å². The summed E-state index contributed by atoms with van der Waals surface area (Å²) in [6.07, 6.45) is -4.29. The van der Waals surface area contributed by atoms with Crippen LogP contribution in [0.4, 0.5) is 18.9 Å². The fourth-order valence-electron chi connectivity index (χ4n) is 3.36. The van der Waals surface area contributed by atoms with Gasteiger partial charge in [-0.05, 0) is 31.0 Å². The maximum absolute atomic E-state index is 12.6. The number of alkyl halides is 3. The van der Waals surface area contributed by atoms with E-state index in [4.69, 9.17) is 9.52 Å². The van der Waals surface area contributed by atoms with Gasteiger partial charge in [0.1, 0.15) is 11.8 Å². The molecular formula is C19H19F3N2O4. The van der Waals surface area contributed by atoms with Gasteiger partial charge in [0.2, 0.25) is 0 Å². The summed E-state index contributed by atoms with van der Waals surface area (Å²) in [5.41, 5.74) is 2.17. The van der Waals surface area contributed by atoms with Crippen LogP contribution in [0.1, 0.15) is 35.0 Å². The molecule has 150 valence electrons. The minimum Gasteiger partial charge on any atom is -0.480 e. The van der Waals surface area contributed by atoms with Crippen LogP contribution in [0.15, 0.2) is 41.0 Å². The number of halogens is 3. The van der Waals surface area contributed by atoms with Gasteiger partial charge in [-0.25, -0.2) is 4.79 Å². The van der Waals surface area contributed by atoms with Crippen molar-refractivity contribution in [1.29, 1.82) is 0 Å². The number of para-hydroxylation sites is 1. The molecule has 2 unspecified atom stereocenters. The van der Waals surface area contributed by atoms with Gasteiger partial charge in [-0.1, -0.05) is 18.2 Å². The number of hydrogen-bond acceptors (Lipinski definition) is 4. The molecule has 0 saturated carbocycles. The monoisotopic (exact) mass is 396 g/mol. The third kappa shape index (κ3) is 4.29. The van der Waals surface area contributed by atoms with Crippen LogP contribution < -0.4 is 10.2 Å². The average Bonchev–Trinajstić information content (AvgIpc) is 3.18. The lowest BCUT2D eigenvalue weighted by Crippen LogP contribution is -2.43. The van der Waals surface area contributed by atoms with Gasteiger partial charge in [0.15, 0.2) is 0 Å². The summed E-state index contributed by atoms with van der Waals surface area (Å²) < 4.78 is 43.0. The van der Waals surface area contributed by atoms with Crippen LogP contribution in [0.3, 0.4) is 0 Å². The summed E-state index contributed by atoms with van der Waals surface area (Å²) in [7, 11) is 0. The Morgan fingerprint density at radius 2 is 2.04 bits per heavy atom. The first kappa shape index (κ1) is 19.8. The van der Waals surface area contributed by atoms with Crippen LogP contribution in [0.5, 0.6) is 0 Å². The van der Waals surface area contributed by atoms with Crippen molar-refractivity contribution in [3.05, 3.63) is 53.5 Å². The van der Waals surface area contributed by atoms with Crippen LogP contribution in [0, 0.1) is 0 Å². The number of amides is 1. The number of carbonyl (C=O) groups is 2. The largest absolute Gasteiger partial charge is 0.480 e. The first-order chi connectivity index (χ1) is 13.2. The Labute approximate surface area is 158 Å². The Morgan fingerprint density at radius 1 is 1.32 bits per heavy atom. The molecule has 0 fully saturated rings. The van der Waals surface area contributed by atoms with Crippen molar-refractivity contribution in [2.24, 2.45) is 0 Å². The van der Waals surface area contributed by atoms with E-state index in [1.165, 1.54) is 12.3 Å². The fraction of sp³-hybridized carbons (Fsp3) is 0.368. The second kappa shape index (κ2) is 7.57. The van der Waals surface area contributed by atoms with E-state index >= 15 is 0 Å². The number of benzene rings is 1. The standard InChI is InChI=1S/C19H19F3N2O4/c1-11-8-12-4-2-3-5-15(12)24(11)10-16-13(6-7-28-16)17(25)23-14(18(26)27)9-19(20,21)22/h2-7,11,14H,8-10H2,1H3,(H,23,25)(H,26,27). The smallest absolute Gasteiger partial charge is 0.391 e. The molecule has 3 rings (SSSR count). The number of carboxylic acids is 1. The predicted octanol–water partition coefficient (Wildman–Crippen LogP) is 3.37. The number of carbonyl (C=O) groups excluding carboxylic acids is 1. The van der Waals surface area contributed by atoms with Gasteiger partial charge in [-0.2, -0.15) is 13.2 Å². The topological polar surface area (TPSA) is 82.8 Å². The first-order valence-corrected chi connectivity index (χ1v) is 8.67. The lowest BCUT2D eigenvalue weighted by Gasteiger charge is -2.24.